The number of hydrogen-bond donors (Lipinski definition) is 0. The van der Waals surface area contributed by atoms with Crippen molar-refractivity contribution in [3.63, 3.8) is 0 Å². The van der Waals surface area contributed by atoms with Crippen molar-refractivity contribution in [1.82, 2.24) is 9.88 Å². The second-order valence-corrected chi connectivity index (χ2v) is 7.87. The number of likely N-dealkylation sites (tertiary alicyclic amines) is 1. The van der Waals surface area contributed by atoms with Crippen molar-refractivity contribution in [2.45, 2.75) is 31.1 Å². The number of aromatic nitrogens is 1. The molecule has 0 spiro atoms. The zero-order valence-corrected chi connectivity index (χ0v) is 16.3. The Kier molecular flexibility index (Phi) is 4.76. The standard InChI is InChI=1S/C25H24N2O2/c28-25(27-15-11-19(12-16-27)18-9-13-26-14-10-18)17-22-20-5-1-3-7-23(20)29-24-8-4-2-6-21(22)24/h1-10,13-14,19,22H,11-12,15-17H2. The molecule has 4 heteroatoms. The largest absolute Gasteiger partial charge is 0.457 e. The Morgan fingerprint density at radius 2 is 1.48 bits per heavy atom. The normalized spacial score (nSPS) is 16.6. The maximum absolute atomic E-state index is 13.2. The number of carbonyl (C=O) groups is 1. The van der Waals surface area contributed by atoms with Crippen LogP contribution in [0.3, 0.4) is 0 Å². The summed E-state index contributed by atoms with van der Waals surface area (Å²) < 4.78 is 6.07. The van der Waals surface area contributed by atoms with Gasteiger partial charge in [-0.1, -0.05) is 36.4 Å². The van der Waals surface area contributed by atoms with E-state index >= 15 is 0 Å². The first-order chi connectivity index (χ1) is 14.3. The minimum atomic E-state index is 0.0431. The minimum absolute atomic E-state index is 0.0431. The summed E-state index contributed by atoms with van der Waals surface area (Å²) in [5.41, 5.74) is 3.54. The van der Waals surface area contributed by atoms with Gasteiger partial charge < -0.3 is 9.64 Å². The molecule has 3 aromatic rings. The van der Waals surface area contributed by atoms with Crippen LogP contribution in [0.2, 0.25) is 0 Å². The Hall–Kier alpha value is -3.14. The molecule has 1 fully saturated rings. The van der Waals surface area contributed by atoms with Crippen LogP contribution in [0.4, 0.5) is 0 Å². The number of pyridine rings is 1. The van der Waals surface area contributed by atoms with Crippen LogP contribution in [-0.4, -0.2) is 28.9 Å². The molecule has 2 aromatic carbocycles. The predicted molar refractivity (Wildman–Crippen MR) is 112 cm³/mol. The van der Waals surface area contributed by atoms with Crippen LogP contribution in [0, 0.1) is 0 Å². The summed E-state index contributed by atoms with van der Waals surface area (Å²) in [6.45, 7) is 1.64. The summed E-state index contributed by atoms with van der Waals surface area (Å²) in [7, 11) is 0. The molecule has 5 rings (SSSR count). The number of amides is 1. The first-order valence-electron chi connectivity index (χ1n) is 10.3. The van der Waals surface area contributed by atoms with Crippen LogP contribution in [-0.2, 0) is 4.79 Å². The van der Waals surface area contributed by atoms with Gasteiger partial charge in [-0.05, 0) is 48.6 Å². The van der Waals surface area contributed by atoms with E-state index in [4.69, 9.17) is 4.74 Å². The molecule has 0 atom stereocenters. The lowest BCUT2D eigenvalue weighted by Gasteiger charge is -2.34. The molecule has 1 amide bonds. The van der Waals surface area contributed by atoms with E-state index in [1.807, 2.05) is 53.7 Å². The van der Waals surface area contributed by atoms with Crippen LogP contribution in [0.1, 0.15) is 47.8 Å². The molecule has 0 saturated carbocycles. The summed E-state index contributed by atoms with van der Waals surface area (Å²) in [4.78, 5) is 19.4. The summed E-state index contributed by atoms with van der Waals surface area (Å²) in [6, 6.07) is 20.3. The molecule has 0 N–H and O–H groups in total. The van der Waals surface area contributed by atoms with Gasteiger partial charge >= 0.3 is 0 Å². The van der Waals surface area contributed by atoms with Crippen molar-refractivity contribution in [2.24, 2.45) is 0 Å². The molecule has 4 nitrogen and oxygen atoms in total. The molecule has 0 unspecified atom stereocenters. The monoisotopic (exact) mass is 384 g/mol. The number of carbonyl (C=O) groups excluding carboxylic acids is 1. The Morgan fingerprint density at radius 1 is 0.897 bits per heavy atom. The topological polar surface area (TPSA) is 42.4 Å². The smallest absolute Gasteiger partial charge is 0.223 e. The maximum atomic E-state index is 13.2. The van der Waals surface area contributed by atoms with Gasteiger partial charge in [0, 0.05) is 48.9 Å². The Bertz CT molecular complexity index is 965. The third-order valence-corrected chi connectivity index (χ3v) is 6.21. The highest BCUT2D eigenvalue weighted by Gasteiger charge is 2.31. The summed E-state index contributed by atoms with van der Waals surface area (Å²) in [5.74, 6) is 2.52. The number of ether oxygens (including phenoxy) is 1. The van der Waals surface area contributed by atoms with Gasteiger partial charge in [0.05, 0.1) is 0 Å². The van der Waals surface area contributed by atoms with E-state index in [1.54, 1.807) is 0 Å². The fourth-order valence-electron chi connectivity index (χ4n) is 4.63. The number of hydrogen-bond acceptors (Lipinski definition) is 3. The zero-order valence-electron chi connectivity index (χ0n) is 16.3. The highest BCUT2D eigenvalue weighted by atomic mass is 16.5. The SMILES string of the molecule is O=C(CC1c2ccccc2Oc2ccccc21)N1CCC(c2ccncc2)CC1. The van der Waals surface area contributed by atoms with E-state index in [1.165, 1.54) is 5.56 Å². The molecular formula is C25H24N2O2. The van der Waals surface area contributed by atoms with Gasteiger partial charge in [0.15, 0.2) is 0 Å². The van der Waals surface area contributed by atoms with Crippen molar-refractivity contribution in [2.75, 3.05) is 13.1 Å². The molecule has 1 saturated heterocycles. The Morgan fingerprint density at radius 3 is 2.10 bits per heavy atom. The molecule has 3 heterocycles. The summed E-state index contributed by atoms with van der Waals surface area (Å²) in [5, 5.41) is 0. The molecule has 2 aliphatic rings. The van der Waals surface area contributed by atoms with Crippen LogP contribution in [0.25, 0.3) is 0 Å². The quantitative estimate of drug-likeness (QED) is 0.630. The van der Waals surface area contributed by atoms with Crippen LogP contribution >= 0.6 is 0 Å². The van der Waals surface area contributed by atoms with Gasteiger partial charge in [-0.25, -0.2) is 0 Å². The Balaban J connectivity index is 1.32. The fourth-order valence-corrected chi connectivity index (χ4v) is 4.63. The second-order valence-electron chi connectivity index (χ2n) is 7.87. The summed E-state index contributed by atoms with van der Waals surface area (Å²) in [6.07, 6.45) is 6.21. The number of piperidine rings is 1. The molecule has 1 aromatic heterocycles. The van der Waals surface area contributed by atoms with Gasteiger partial charge in [0.1, 0.15) is 11.5 Å². The molecule has 29 heavy (non-hydrogen) atoms. The van der Waals surface area contributed by atoms with E-state index in [2.05, 4.69) is 29.2 Å². The number of fused-ring (bicyclic) bond motifs is 2. The average Bonchev–Trinajstić information content (AvgIpc) is 2.79. The lowest BCUT2D eigenvalue weighted by molar-refractivity contribution is -0.132. The van der Waals surface area contributed by atoms with Crippen molar-refractivity contribution in [3.05, 3.63) is 89.7 Å². The van der Waals surface area contributed by atoms with Crippen molar-refractivity contribution in [3.8, 4) is 11.5 Å². The lowest BCUT2D eigenvalue weighted by atomic mass is 9.84. The first-order valence-corrected chi connectivity index (χ1v) is 10.3. The maximum Gasteiger partial charge on any atom is 0.223 e. The second kappa shape index (κ2) is 7.70. The Labute approximate surface area is 171 Å². The first kappa shape index (κ1) is 17.9. The fraction of sp³-hybridized carbons (Fsp3) is 0.280. The number of benzene rings is 2. The molecular weight excluding hydrogens is 360 g/mol. The van der Waals surface area contributed by atoms with Gasteiger partial charge in [-0.2, -0.15) is 0 Å². The average molecular weight is 384 g/mol. The van der Waals surface area contributed by atoms with Crippen LogP contribution in [0.5, 0.6) is 11.5 Å². The van der Waals surface area contributed by atoms with E-state index in [-0.39, 0.29) is 11.8 Å². The van der Waals surface area contributed by atoms with Crippen LogP contribution < -0.4 is 4.74 Å². The van der Waals surface area contributed by atoms with Crippen molar-refractivity contribution >= 4 is 5.91 Å². The van der Waals surface area contributed by atoms with Gasteiger partial charge in [-0.3, -0.25) is 9.78 Å². The molecule has 0 aliphatic carbocycles. The number of para-hydroxylation sites is 2. The van der Waals surface area contributed by atoms with E-state index in [9.17, 15) is 4.79 Å². The van der Waals surface area contributed by atoms with Gasteiger partial charge in [0.2, 0.25) is 5.91 Å². The van der Waals surface area contributed by atoms with Crippen molar-refractivity contribution < 1.29 is 9.53 Å². The van der Waals surface area contributed by atoms with E-state index in [0.29, 0.717) is 12.3 Å². The lowest BCUT2D eigenvalue weighted by Crippen LogP contribution is -2.38. The van der Waals surface area contributed by atoms with Crippen LogP contribution in [0.15, 0.2) is 73.1 Å². The molecule has 0 bridgehead atoms. The van der Waals surface area contributed by atoms with Crippen molar-refractivity contribution in [1.29, 1.82) is 0 Å². The van der Waals surface area contributed by atoms with E-state index < -0.39 is 0 Å². The molecule has 0 radical (unpaired) electrons. The van der Waals surface area contributed by atoms with Gasteiger partial charge in [0.25, 0.3) is 0 Å². The summed E-state index contributed by atoms with van der Waals surface area (Å²) >= 11 is 0. The predicted octanol–water partition coefficient (Wildman–Crippen LogP) is 5.12. The van der Waals surface area contributed by atoms with E-state index in [0.717, 1.165) is 48.6 Å². The number of rotatable bonds is 3. The third kappa shape index (κ3) is 3.51. The highest BCUT2D eigenvalue weighted by molar-refractivity contribution is 5.78. The zero-order chi connectivity index (χ0) is 19.6. The molecule has 2 aliphatic heterocycles. The number of nitrogens with zero attached hydrogens (tertiary/aromatic N) is 2. The van der Waals surface area contributed by atoms with Gasteiger partial charge in [-0.15, -0.1) is 0 Å². The minimum Gasteiger partial charge on any atom is -0.457 e. The third-order valence-electron chi connectivity index (χ3n) is 6.21. The highest BCUT2D eigenvalue weighted by Crippen LogP contribution is 2.45. The molecule has 146 valence electrons.